The van der Waals surface area contributed by atoms with E-state index < -0.39 is 0 Å². The van der Waals surface area contributed by atoms with Gasteiger partial charge in [-0.3, -0.25) is 9.79 Å². The summed E-state index contributed by atoms with van der Waals surface area (Å²) in [6.45, 7) is 0. The van der Waals surface area contributed by atoms with Crippen molar-refractivity contribution in [1.82, 2.24) is 0 Å². The van der Waals surface area contributed by atoms with Crippen LogP contribution >= 0.6 is 0 Å². The molecule has 0 amide bonds. The van der Waals surface area contributed by atoms with Gasteiger partial charge in [-0.1, -0.05) is 0 Å². The number of carbonyl (C=O) groups excluding carboxylic acids is 1. The maximum Gasteiger partial charge on any atom is 0.308 e. The predicted molar refractivity (Wildman–Crippen MR) is 50.3 cm³/mol. The molecule has 4 heteroatoms. The zero-order valence-electron chi connectivity index (χ0n) is 7.64. The predicted octanol–water partition coefficient (Wildman–Crippen LogP) is 0.481. The first kappa shape index (κ1) is 9.77. The van der Waals surface area contributed by atoms with Gasteiger partial charge in [0.2, 0.25) is 0 Å². The average Bonchev–Trinajstić information content (AvgIpc) is 2.08. The van der Waals surface area contributed by atoms with Gasteiger partial charge in [0.1, 0.15) is 0 Å². The number of rotatable bonds is 3. The minimum Gasteiger partial charge on any atom is -0.469 e. The van der Waals surface area contributed by atoms with Crippen LogP contribution in [0.15, 0.2) is 17.3 Å². The summed E-state index contributed by atoms with van der Waals surface area (Å²) in [6, 6.07) is 0.264. The molecule has 0 saturated heterocycles. The van der Waals surface area contributed by atoms with Crippen LogP contribution in [0, 0.1) is 5.92 Å². The van der Waals surface area contributed by atoms with Gasteiger partial charge in [-0.05, 0) is 25.1 Å². The van der Waals surface area contributed by atoms with Crippen molar-refractivity contribution in [2.24, 2.45) is 16.6 Å². The number of hydrogen-bond donors (Lipinski definition) is 1. The Morgan fingerprint density at radius 3 is 2.85 bits per heavy atom. The van der Waals surface area contributed by atoms with Crippen LogP contribution in [0.3, 0.4) is 0 Å². The molecular formula is C9H14N2O2. The van der Waals surface area contributed by atoms with E-state index in [2.05, 4.69) is 9.73 Å². The summed E-state index contributed by atoms with van der Waals surface area (Å²) in [5.74, 6) is -0.0742. The fourth-order valence-corrected chi connectivity index (χ4v) is 1.29. The van der Waals surface area contributed by atoms with Crippen LogP contribution in [0.25, 0.3) is 0 Å². The number of nitrogens with two attached hydrogens (primary N) is 1. The zero-order chi connectivity index (χ0) is 9.68. The molecule has 0 heterocycles. The molecule has 0 spiro atoms. The van der Waals surface area contributed by atoms with Gasteiger partial charge in [0.05, 0.1) is 19.1 Å². The van der Waals surface area contributed by atoms with E-state index >= 15 is 0 Å². The number of nitrogens with zero attached hydrogens (tertiary/aromatic N) is 1. The van der Waals surface area contributed by atoms with Gasteiger partial charge in [0.25, 0.3) is 0 Å². The number of aliphatic imine (C=N–C) groups is 1. The normalized spacial score (nSPS) is 27.8. The van der Waals surface area contributed by atoms with E-state index in [9.17, 15) is 4.79 Å². The van der Waals surface area contributed by atoms with E-state index in [-0.39, 0.29) is 17.9 Å². The quantitative estimate of drug-likeness (QED) is 0.510. The Labute approximate surface area is 77.5 Å². The fourth-order valence-electron chi connectivity index (χ4n) is 1.29. The topological polar surface area (TPSA) is 64.7 Å². The molecule has 1 rings (SSSR count). The summed E-state index contributed by atoms with van der Waals surface area (Å²) >= 11 is 0. The molecular weight excluding hydrogens is 168 g/mol. The summed E-state index contributed by atoms with van der Waals surface area (Å²) in [5, 5.41) is 0. The first-order valence-electron chi connectivity index (χ1n) is 4.25. The smallest absolute Gasteiger partial charge is 0.308 e. The molecule has 0 unspecified atom stereocenters. The Balaban J connectivity index is 2.22. The van der Waals surface area contributed by atoms with Crippen LogP contribution < -0.4 is 5.73 Å². The number of esters is 1. The Kier molecular flexibility index (Phi) is 3.49. The zero-order valence-corrected chi connectivity index (χ0v) is 7.64. The van der Waals surface area contributed by atoms with Crippen LogP contribution in [0.2, 0.25) is 0 Å². The second-order valence-corrected chi connectivity index (χ2v) is 3.03. The third-order valence-electron chi connectivity index (χ3n) is 2.14. The highest BCUT2D eigenvalue weighted by Gasteiger charge is 2.34. The summed E-state index contributed by atoms with van der Waals surface area (Å²) in [7, 11) is 1.41. The Morgan fingerprint density at radius 2 is 2.31 bits per heavy atom. The highest BCUT2D eigenvalue weighted by molar-refractivity contribution is 5.74. The highest BCUT2D eigenvalue weighted by atomic mass is 16.5. The second-order valence-electron chi connectivity index (χ2n) is 3.03. The summed E-state index contributed by atoms with van der Waals surface area (Å²) in [5.41, 5.74) is 5.13. The molecule has 72 valence electrons. The molecule has 1 aliphatic carbocycles. The summed E-state index contributed by atoms with van der Waals surface area (Å²) in [6.07, 6.45) is 6.35. The van der Waals surface area contributed by atoms with Crippen molar-refractivity contribution >= 4 is 12.2 Å². The van der Waals surface area contributed by atoms with Crippen LogP contribution in [0.4, 0.5) is 0 Å². The van der Waals surface area contributed by atoms with E-state index in [1.165, 1.54) is 13.3 Å². The summed E-state index contributed by atoms with van der Waals surface area (Å²) < 4.78 is 4.60. The molecule has 13 heavy (non-hydrogen) atoms. The van der Waals surface area contributed by atoms with Gasteiger partial charge >= 0.3 is 5.97 Å². The lowest BCUT2D eigenvalue weighted by atomic mass is 9.81. The van der Waals surface area contributed by atoms with Crippen molar-refractivity contribution in [2.75, 3.05) is 7.11 Å². The van der Waals surface area contributed by atoms with Gasteiger partial charge in [-0.2, -0.15) is 0 Å². The molecule has 1 aliphatic rings. The lowest BCUT2D eigenvalue weighted by molar-refractivity contribution is -0.148. The fraction of sp³-hybridized carbons (Fsp3) is 0.556. The molecule has 0 aromatic rings. The van der Waals surface area contributed by atoms with Crippen LogP contribution in [-0.4, -0.2) is 25.3 Å². The first-order chi connectivity index (χ1) is 6.27. The molecule has 0 radical (unpaired) electrons. The van der Waals surface area contributed by atoms with E-state index in [1.807, 2.05) is 0 Å². The van der Waals surface area contributed by atoms with Gasteiger partial charge < -0.3 is 10.5 Å². The Hall–Kier alpha value is -1.32. The minimum absolute atomic E-state index is 0.0500. The molecule has 2 N–H and O–H groups in total. The Bertz CT molecular complexity index is 230. The third kappa shape index (κ3) is 2.57. The molecule has 0 atom stereocenters. The molecule has 1 fully saturated rings. The largest absolute Gasteiger partial charge is 0.469 e. The van der Waals surface area contributed by atoms with Crippen LogP contribution in [0.1, 0.15) is 12.8 Å². The monoisotopic (exact) mass is 182 g/mol. The van der Waals surface area contributed by atoms with E-state index in [0.29, 0.717) is 0 Å². The lowest BCUT2D eigenvalue weighted by Crippen LogP contribution is -2.34. The van der Waals surface area contributed by atoms with E-state index in [4.69, 9.17) is 5.73 Å². The minimum atomic E-state index is -0.124. The second kappa shape index (κ2) is 4.64. The Morgan fingerprint density at radius 1 is 1.62 bits per heavy atom. The highest BCUT2D eigenvalue weighted by Crippen LogP contribution is 2.30. The number of carbonyl (C=O) groups is 1. The number of hydrogen-bond acceptors (Lipinski definition) is 4. The molecule has 0 bridgehead atoms. The lowest BCUT2D eigenvalue weighted by Gasteiger charge is -2.29. The number of ether oxygens (including phenoxy) is 1. The van der Waals surface area contributed by atoms with Crippen molar-refractivity contribution in [3.8, 4) is 0 Å². The molecule has 0 aliphatic heterocycles. The van der Waals surface area contributed by atoms with E-state index in [0.717, 1.165) is 12.8 Å². The molecule has 0 aromatic carbocycles. The van der Waals surface area contributed by atoms with Crippen molar-refractivity contribution in [1.29, 1.82) is 0 Å². The summed E-state index contributed by atoms with van der Waals surface area (Å²) in [4.78, 5) is 15.1. The van der Waals surface area contributed by atoms with Gasteiger partial charge in [-0.15, -0.1) is 0 Å². The van der Waals surface area contributed by atoms with Crippen LogP contribution in [-0.2, 0) is 9.53 Å². The molecule has 0 aromatic heterocycles. The van der Waals surface area contributed by atoms with Crippen molar-refractivity contribution < 1.29 is 9.53 Å². The molecule has 4 nitrogen and oxygen atoms in total. The maximum absolute atomic E-state index is 11.0. The van der Waals surface area contributed by atoms with Gasteiger partial charge in [0.15, 0.2) is 0 Å². The van der Waals surface area contributed by atoms with Crippen LogP contribution in [0.5, 0.6) is 0 Å². The number of allylic oxidation sites excluding steroid dienone is 1. The van der Waals surface area contributed by atoms with Crippen molar-refractivity contribution in [3.63, 3.8) is 0 Å². The molecule has 1 saturated carbocycles. The average molecular weight is 182 g/mol. The first-order valence-corrected chi connectivity index (χ1v) is 4.25. The van der Waals surface area contributed by atoms with Crippen molar-refractivity contribution in [2.45, 2.75) is 18.9 Å². The SMILES string of the molecule is COC(=O)C1CC(N=C/C=C\N)C1. The third-order valence-corrected chi connectivity index (χ3v) is 2.14. The maximum atomic E-state index is 11.0. The van der Waals surface area contributed by atoms with Gasteiger partial charge in [0, 0.05) is 6.21 Å². The standard InChI is InChI=1S/C9H14N2O2/c1-13-9(12)7-5-8(6-7)11-4-2-3-10/h2-4,7-8H,5-6,10H2,1H3/b3-2-,11-4?. The van der Waals surface area contributed by atoms with E-state index in [1.54, 1.807) is 12.3 Å². The van der Waals surface area contributed by atoms with Crippen molar-refractivity contribution in [3.05, 3.63) is 12.3 Å². The number of methoxy groups -OCH3 is 1. The van der Waals surface area contributed by atoms with Gasteiger partial charge in [-0.25, -0.2) is 0 Å².